The average Bonchev–Trinajstić information content (AvgIpc) is 1.98. The molecule has 13 heavy (non-hydrogen) atoms. The molecule has 0 heterocycles. The highest BCUT2D eigenvalue weighted by Crippen LogP contribution is 2.04. The van der Waals surface area contributed by atoms with E-state index in [1.54, 1.807) is 6.92 Å². The quantitative estimate of drug-likeness (QED) is 0.432. The fraction of sp³-hybridized carbons (Fsp3) is 1.00. The third-order valence-electron chi connectivity index (χ3n) is 1.77. The lowest BCUT2D eigenvalue weighted by atomic mass is 10.0. The maximum absolute atomic E-state index is 9.47. The van der Waals surface area contributed by atoms with E-state index >= 15 is 0 Å². The zero-order chi connectivity index (χ0) is 10.4. The molecule has 80 valence electrons. The van der Waals surface area contributed by atoms with Gasteiger partial charge in [0.1, 0.15) is 6.23 Å². The standard InChI is InChI=1S/C9H22N2O2/c1-6(2)4-8(10)9(13)11-5-7(3)12/h6-9,11-13H,4-5,10H2,1-3H3. The zero-order valence-corrected chi connectivity index (χ0v) is 8.70. The van der Waals surface area contributed by atoms with Crippen LogP contribution in [0, 0.1) is 5.92 Å². The van der Waals surface area contributed by atoms with Gasteiger partial charge >= 0.3 is 0 Å². The van der Waals surface area contributed by atoms with Crippen molar-refractivity contribution in [2.24, 2.45) is 11.7 Å². The molecular formula is C9H22N2O2. The summed E-state index contributed by atoms with van der Waals surface area (Å²) in [4.78, 5) is 0. The van der Waals surface area contributed by atoms with Gasteiger partial charge < -0.3 is 15.9 Å². The van der Waals surface area contributed by atoms with E-state index in [1.165, 1.54) is 0 Å². The maximum atomic E-state index is 9.47. The Morgan fingerprint density at radius 3 is 2.15 bits per heavy atom. The van der Waals surface area contributed by atoms with Crippen molar-refractivity contribution in [3.05, 3.63) is 0 Å². The molecule has 4 nitrogen and oxygen atoms in total. The minimum Gasteiger partial charge on any atom is -0.392 e. The number of aliphatic hydroxyl groups excluding tert-OH is 2. The first kappa shape index (κ1) is 12.8. The van der Waals surface area contributed by atoms with Crippen LogP contribution in [-0.4, -0.2) is 35.1 Å². The van der Waals surface area contributed by atoms with E-state index in [1.807, 2.05) is 0 Å². The second kappa shape index (κ2) is 6.32. The molecule has 0 amide bonds. The van der Waals surface area contributed by atoms with Gasteiger partial charge in [0.15, 0.2) is 0 Å². The number of hydrogen-bond donors (Lipinski definition) is 4. The SMILES string of the molecule is CC(C)CC(N)C(O)NCC(C)O. The van der Waals surface area contributed by atoms with Gasteiger partial charge in [0.05, 0.1) is 6.10 Å². The fourth-order valence-electron chi connectivity index (χ4n) is 1.12. The van der Waals surface area contributed by atoms with E-state index in [0.29, 0.717) is 12.5 Å². The second-order valence-electron chi connectivity index (χ2n) is 4.00. The van der Waals surface area contributed by atoms with Gasteiger partial charge in [-0.25, -0.2) is 0 Å². The molecular weight excluding hydrogens is 168 g/mol. The minimum atomic E-state index is -0.725. The summed E-state index contributed by atoms with van der Waals surface area (Å²) in [6, 6.07) is -0.265. The highest BCUT2D eigenvalue weighted by molar-refractivity contribution is 4.71. The van der Waals surface area contributed by atoms with Gasteiger partial charge in [-0.05, 0) is 19.3 Å². The summed E-state index contributed by atoms with van der Waals surface area (Å²) in [5, 5.41) is 21.2. The molecule has 0 radical (unpaired) electrons. The molecule has 0 spiro atoms. The van der Waals surface area contributed by atoms with Crippen molar-refractivity contribution in [2.45, 2.75) is 45.6 Å². The van der Waals surface area contributed by atoms with Gasteiger partial charge in [-0.2, -0.15) is 0 Å². The number of hydrogen-bond acceptors (Lipinski definition) is 4. The van der Waals surface area contributed by atoms with Crippen molar-refractivity contribution >= 4 is 0 Å². The molecule has 0 saturated carbocycles. The van der Waals surface area contributed by atoms with Crippen LogP contribution < -0.4 is 11.1 Å². The number of nitrogens with one attached hydrogen (secondary N) is 1. The lowest BCUT2D eigenvalue weighted by Gasteiger charge is -2.22. The summed E-state index contributed by atoms with van der Waals surface area (Å²) in [5.41, 5.74) is 5.71. The first-order valence-corrected chi connectivity index (χ1v) is 4.78. The van der Waals surface area contributed by atoms with Gasteiger partial charge in [-0.15, -0.1) is 0 Å². The molecule has 0 saturated heterocycles. The normalized spacial score (nSPS) is 18.7. The molecule has 0 aliphatic rings. The van der Waals surface area contributed by atoms with E-state index < -0.39 is 12.3 Å². The third kappa shape index (κ3) is 6.95. The molecule has 3 unspecified atom stereocenters. The summed E-state index contributed by atoms with van der Waals surface area (Å²) in [5.74, 6) is 0.470. The average molecular weight is 190 g/mol. The molecule has 4 heteroatoms. The van der Waals surface area contributed by atoms with Crippen LogP contribution in [-0.2, 0) is 0 Å². The van der Waals surface area contributed by atoms with Gasteiger partial charge in [0, 0.05) is 12.6 Å². The highest BCUT2D eigenvalue weighted by Gasteiger charge is 2.15. The van der Waals surface area contributed by atoms with Crippen LogP contribution in [0.1, 0.15) is 27.2 Å². The lowest BCUT2D eigenvalue weighted by molar-refractivity contribution is 0.0811. The monoisotopic (exact) mass is 190 g/mol. The fourth-order valence-corrected chi connectivity index (χ4v) is 1.12. The molecule has 0 aliphatic heterocycles. The summed E-state index contributed by atoms with van der Waals surface area (Å²) in [7, 11) is 0. The Hall–Kier alpha value is -0.160. The molecule has 0 rings (SSSR count). The van der Waals surface area contributed by atoms with Crippen LogP contribution in [0.15, 0.2) is 0 Å². The first-order chi connectivity index (χ1) is 5.93. The number of aliphatic hydroxyl groups is 2. The van der Waals surface area contributed by atoms with Crippen molar-refractivity contribution in [3.63, 3.8) is 0 Å². The molecule has 0 fully saturated rings. The molecule has 0 bridgehead atoms. The van der Waals surface area contributed by atoms with Crippen LogP contribution in [0.4, 0.5) is 0 Å². The Balaban J connectivity index is 3.62. The molecule has 0 aromatic carbocycles. The first-order valence-electron chi connectivity index (χ1n) is 4.78. The molecule has 0 aromatic heterocycles. The van der Waals surface area contributed by atoms with E-state index in [-0.39, 0.29) is 6.04 Å². The van der Waals surface area contributed by atoms with Crippen molar-refractivity contribution in [2.75, 3.05) is 6.54 Å². The summed E-state index contributed by atoms with van der Waals surface area (Å²) in [6.07, 6.45) is -0.411. The van der Waals surface area contributed by atoms with E-state index in [4.69, 9.17) is 10.8 Å². The maximum Gasteiger partial charge on any atom is 0.120 e. The smallest absolute Gasteiger partial charge is 0.120 e. The van der Waals surface area contributed by atoms with Crippen LogP contribution >= 0.6 is 0 Å². The Labute approximate surface area is 80.1 Å². The lowest BCUT2D eigenvalue weighted by Crippen LogP contribution is -2.47. The van der Waals surface area contributed by atoms with Crippen molar-refractivity contribution in [1.82, 2.24) is 5.32 Å². The van der Waals surface area contributed by atoms with Crippen LogP contribution in [0.25, 0.3) is 0 Å². The zero-order valence-electron chi connectivity index (χ0n) is 8.70. The van der Waals surface area contributed by atoms with E-state index in [9.17, 15) is 5.11 Å². The van der Waals surface area contributed by atoms with Crippen LogP contribution in [0.5, 0.6) is 0 Å². The topological polar surface area (TPSA) is 78.5 Å². The number of rotatable bonds is 6. The summed E-state index contributed by atoms with van der Waals surface area (Å²) in [6.45, 7) is 6.14. The van der Waals surface area contributed by atoms with E-state index in [0.717, 1.165) is 6.42 Å². The summed E-state index contributed by atoms with van der Waals surface area (Å²) < 4.78 is 0. The van der Waals surface area contributed by atoms with Crippen LogP contribution in [0.2, 0.25) is 0 Å². The van der Waals surface area contributed by atoms with E-state index in [2.05, 4.69) is 19.2 Å². The Morgan fingerprint density at radius 2 is 1.77 bits per heavy atom. The Morgan fingerprint density at radius 1 is 1.23 bits per heavy atom. The molecule has 0 aromatic rings. The van der Waals surface area contributed by atoms with Gasteiger partial charge in [-0.3, -0.25) is 5.32 Å². The third-order valence-corrected chi connectivity index (χ3v) is 1.77. The highest BCUT2D eigenvalue weighted by atomic mass is 16.3. The minimum absolute atomic E-state index is 0.265. The van der Waals surface area contributed by atoms with Gasteiger partial charge in [0.25, 0.3) is 0 Å². The molecule has 3 atom stereocenters. The van der Waals surface area contributed by atoms with Gasteiger partial charge in [0.2, 0.25) is 0 Å². The Bertz CT molecular complexity index is 129. The largest absolute Gasteiger partial charge is 0.392 e. The predicted molar refractivity (Wildman–Crippen MR) is 53.1 cm³/mol. The van der Waals surface area contributed by atoms with Crippen molar-refractivity contribution < 1.29 is 10.2 Å². The number of nitrogens with two attached hydrogens (primary N) is 1. The van der Waals surface area contributed by atoms with Crippen molar-refractivity contribution in [1.29, 1.82) is 0 Å². The molecule has 0 aliphatic carbocycles. The predicted octanol–water partition coefficient (Wildman–Crippen LogP) is -0.351. The molecule has 5 N–H and O–H groups in total. The Kier molecular flexibility index (Phi) is 6.24. The van der Waals surface area contributed by atoms with Crippen LogP contribution in [0.3, 0.4) is 0 Å². The van der Waals surface area contributed by atoms with Gasteiger partial charge in [-0.1, -0.05) is 13.8 Å². The second-order valence-corrected chi connectivity index (χ2v) is 4.00. The van der Waals surface area contributed by atoms with Crippen molar-refractivity contribution in [3.8, 4) is 0 Å². The summed E-state index contributed by atoms with van der Waals surface area (Å²) >= 11 is 0.